The van der Waals surface area contributed by atoms with Gasteiger partial charge in [0.1, 0.15) is 11.5 Å². The van der Waals surface area contributed by atoms with Crippen molar-refractivity contribution >= 4 is 17.1 Å². The Hall–Kier alpha value is -2.03. The number of carbonyl (C=O) groups is 1. The van der Waals surface area contributed by atoms with Crippen molar-refractivity contribution in [2.45, 2.75) is 20.0 Å². The number of fused-ring (bicyclic) bond motifs is 1. The number of hydrogen-bond donors (Lipinski definition) is 0. The lowest BCUT2D eigenvalue weighted by molar-refractivity contribution is 0.112. The van der Waals surface area contributed by atoms with Gasteiger partial charge in [-0.15, -0.1) is 0 Å². The van der Waals surface area contributed by atoms with Gasteiger partial charge in [-0.1, -0.05) is 12.1 Å². The van der Waals surface area contributed by atoms with Gasteiger partial charge in [0, 0.05) is 16.3 Å². The average molecular weight is 244 g/mol. The van der Waals surface area contributed by atoms with Gasteiger partial charge in [-0.3, -0.25) is 4.79 Å². The molecule has 0 fully saturated rings. The largest absolute Gasteiger partial charge is 0.496 e. The van der Waals surface area contributed by atoms with Crippen LogP contribution in [-0.2, 0) is 0 Å². The van der Waals surface area contributed by atoms with Crippen LogP contribution in [0.5, 0.6) is 11.5 Å². The van der Waals surface area contributed by atoms with Crippen molar-refractivity contribution in [2.24, 2.45) is 0 Å². The second-order valence-corrected chi connectivity index (χ2v) is 4.32. The maximum Gasteiger partial charge on any atom is 0.150 e. The first-order valence-electron chi connectivity index (χ1n) is 5.89. The normalized spacial score (nSPS) is 10.7. The number of methoxy groups -OCH3 is 1. The van der Waals surface area contributed by atoms with Gasteiger partial charge in [-0.25, -0.2) is 0 Å². The maximum atomic E-state index is 11.2. The molecule has 3 nitrogen and oxygen atoms in total. The van der Waals surface area contributed by atoms with E-state index in [4.69, 9.17) is 9.47 Å². The lowest BCUT2D eigenvalue weighted by Gasteiger charge is -2.15. The van der Waals surface area contributed by atoms with E-state index in [1.807, 2.05) is 32.0 Å². The van der Waals surface area contributed by atoms with Crippen LogP contribution in [0, 0.1) is 0 Å². The van der Waals surface area contributed by atoms with Crippen molar-refractivity contribution in [1.82, 2.24) is 0 Å². The number of ether oxygens (including phenoxy) is 2. The van der Waals surface area contributed by atoms with Gasteiger partial charge >= 0.3 is 0 Å². The molecule has 18 heavy (non-hydrogen) atoms. The zero-order valence-corrected chi connectivity index (χ0v) is 10.8. The first-order chi connectivity index (χ1) is 8.67. The molecule has 94 valence electrons. The highest BCUT2D eigenvalue weighted by atomic mass is 16.5. The zero-order chi connectivity index (χ0) is 13.1. The SMILES string of the molecule is COc1ccc(C=O)c2c(OC(C)C)cccc12. The Morgan fingerprint density at radius 1 is 1.11 bits per heavy atom. The van der Waals surface area contributed by atoms with Gasteiger partial charge in [0.2, 0.25) is 0 Å². The molecule has 2 aromatic rings. The summed E-state index contributed by atoms with van der Waals surface area (Å²) >= 11 is 0. The van der Waals surface area contributed by atoms with Gasteiger partial charge < -0.3 is 9.47 Å². The summed E-state index contributed by atoms with van der Waals surface area (Å²) in [6, 6.07) is 9.24. The summed E-state index contributed by atoms with van der Waals surface area (Å²) in [6.45, 7) is 3.92. The van der Waals surface area contributed by atoms with Gasteiger partial charge in [0.15, 0.2) is 6.29 Å². The fourth-order valence-corrected chi connectivity index (χ4v) is 2.00. The predicted octanol–water partition coefficient (Wildman–Crippen LogP) is 3.45. The maximum absolute atomic E-state index is 11.2. The summed E-state index contributed by atoms with van der Waals surface area (Å²) < 4.78 is 11.1. The minimum Gasteiger partial charge on any atom is -0.496 e. The summed E-state index contributed by atoms with van der Waals surface area (Å²) in [5.74, 6) is 1.45. The van der Waals surface area contributed by atoms with E-state index in [-0.39, 0.29) is 6.10 Å². The van der Waals surface area contributed by atoms with E-state index in [2.05, 4.69) is 0 Å². The van der Waals surface area contributed by atoms with E-state index in [1.54, 1.807) is 19.2 Å². The highest BCUT2D eigenvalue weighted by Gasteiger charge is 2.11. The second kappa shape index (κ2) is 5.08. The molecule has 0 N–H and O–H groups in total. The van der Waals surface area contributed by atoms with Crippen LogP contribution in [0.25, 0.3) is 10.8 Å². The molecule has 0 unspecified atom stereocenters. The molecule has 0 saturated carbocycles. The van der Waals surface area contributed by atoms with Crippen molar-refractivity contribution in [3.05, 3.63) is 35.9 Å². The number of hydrogen-bond acceptors (Lipinski definition) is 3. The van der Waals surface area contributed by atoms with Gasteiger partial charge in [0.25, 0.3) is 0 Å². The Balaban J connectivity index is 2.75. The molecule has 0 aliphatic heterocycles. The Morgan fingerprint density at radius 3 is 2.50 bits per heavy atom. The molecule has 3 heteroatoms. The third kappa shape index (κ3) is 2.16. The molecule has 0 radical (unpaired) electrons. The first kappa shape index (κ1) is 12.4. The van der Waals surface area contributed by atoms with E-state index < -0.39 is 0 Å². The Morgan fingerprint density at radius 2 is 1.89 bits per heavy atom. The predicted molar refractivity (Wildman–Crippen MR) is 71.7 cm³/mol. The lowest BCUT2D eigenvalue weighted by atomic mass is 10.0. The van der Waals surface area contributed by atoms with Crippen LogP contribution >= 0.6 is 0 Å². The third-order valence-electron chi connectivity index (χ3n) is 2.70. The molecule has 2 rings (SSSR count). The summed E-state index contributed by atoms with van der Waals surface area (Å²) in [5, 5.41) is 1.70. The highest BCUT2D eigenvalue weighted by molar-refractivity contribution is 6.04. The standard InChI is InChI=1S/C15H16O3/c1-10(2)18-14-6-4-5-12-13(17-3)8-7-11(9-16)15(12)14/h4-10H,1-3H3. The molecule has 0 aliphatic carbocycles. The smallest absolute Gasteiger partial charge is 0.150 e. The van der Waals surface area contributed by atoms with Crippen molar-refractivity contribution in [3.8, 4) is 11.5 Å². The zero-order valence-electron chi connectivity index (χ0n) is 10.8. The molecular formula is C15H16O3. The average Bonchev–Trinajstić information content (AvgIpc) is 2.37. The van der Waals surface area contributed by atoms with E-state index in [0.717, 1.165) is 22.8 Å². The molecule has 0 bridgehead atoms. The Bertz CT molecular complexity index is 573. The van der Waals surface area contributed by atoms with Crippen LogP contribution in [-0.4, -0.2) is 19.5 Å². The van der Waals surface area contributed by atoms with Crippen molar-refractivity contribution in [2.75, 3.05) is 7.11 Å². The van der Waals surface area contributed by atoms with Crippen LogP contribution in [0.2, 0.25) is 0 Å². The van der Waals surface area contributed by atoms with E-state index in [1.165, 1.54) is 0 Å². The van der Waals surface area contributed by atoms with Crippen molar-refractivity contribution in [3.63, 3.8) is 0 Å². The van der Waals surface area contributed by atoms with E-state index in [9.17, 15) is 4.79 Å². The minimum atomic E-state index is 0.0568. The van der Waals surface area contributed by atoms with Crippen LogP contribution in [0.3, 0.4) is 0 Å². The molecule has 2 aromatic carbocycles. The summed E-state index contributed by atoms with van der Waals surface area (Å²) in [5.41, 5.74) is 0.613. The minimum absolute atomic E-state index is 0.0568. The number of benzene rings is 2. The molecule has 0 aliphatic rings. The number of carbonyl (C=O) groups excluding carboxylic acids is 1. The lowest BCUT2D eigenvalue weighted by Crippen LogP contribution is -2.06. The summed E-state index contributed by atoms with van der Waals surface area (Å²) in [4.78, 5) is 11.2. The molecule has 0 atom stereocenters. The fraction of sp³-hybridized carbons (Fsp3) is 0.267. The van der Waals surface area contributed by atoms with Crippen molar-refractivity contribution < 1.29 is 14.3 Å². The van der Waals surface area contributed by atoms with Crippen molar-refractivity contribution in [1.29, 1.82) is 0 Å². The van der Waals surface area contributed by atoms with Crippen LogP contribution in [0.4, 0.5) is 0 Å². The molecule has 0 saturated heterocycles. The topological polar surface area (TPSA) is 35.5 Å². The second-order valence-electron chi connectivity index (χ2n) is 4.32. The molecule has 0 spiro atoms. The van der Waals surface area contributed by atoms with Gasteiger partial charge in [0.05, 0.1) is 13.2 Å². The van der Waals surface area contributed by atoms with E-state index in [0.29, 0.717) is 11.3 Å². The summed E-state index contributed by atoms with van der Waals surface area (Å²) in [7, 11) is 1.62. The van der Waals surface area contributed by atoms with Crippen LogP contribution < -0.4 is 9.47 Å². The first-order valence-corrected chi connectivity index (χ1v) is 5.89. The fourth-order valence-electron chi connectivity index (χ4n) is 2.00. The molecule has 0 aromatic heterocycles. The monoisotopic (exact) mass is 244 g/mol. The Kier molecular flexibility index (Phi) is 3.51. The van der Waals surface area contributed by atoms with Crippen LogP contribution in [0.15, 0.2) is 30.3 Å². The van der Waals surface area contributed by atoms with E-state index >= 15 is 0 Å². The van der Waals surface area contributed by atoms with Gasteiger partial charge in [-0.2, -0.15) is 0 Å². The molecule has 0 heterocycles. The Labute approximate surface area is 106 Å². The molecular weight excluding hydrogens is 228 g/mol. The quantitative estimate of drug-likeness (QED) is 0.773. The molecule has 0 amide bonds. The number of aldehydes is 1. The number of rotatable bonds is 4. The summed E-state index contributed by atoms with van der Waals surface area (Å²) in [6.07, 6.45) is 0.899. The van der Waals surface area contributed by atoms with Crippen LogP contribution in [0.1, 0.15) is 24.2 Å². The third-order valence-corrected chi connectivity index (χ3v) is 2.70. The highest BCUT2D eigenvalue weighted by Crippen LogP contribution is 2.34. The van der Waals surface area contributed by atoms with Gasteiger partial charge in [-0.05, 0) is 32.0 Å².